The topological polar surface area (TPSA) is 96.0 Å². The highest BCUT2D eigenvalue weighted by atomic mass is 32.2. The van der Waals surface area contributed by atoms with E-state index in [0.717, 1.165) is 16.8 Å². The fourth-order valence-electron chi connectivity index (χ4n) is 3.91. The average Bonchev–Trinajstić information content (AvgIpc) is 3.20. The summed E-state index contributed by atoms with van der Waals surface area (Å²) < 4.78 is 32.0. The van der Waals surface area contributed by atoms with Gasteiger partial charge in [0.2, 0.25) is 21.8 Å². The molecule has 2 amide bonds. The monoisotopic (exact) mass is 457 g/mol. The lowest BCUT2D eigenvalue weighted by Gasteiger charge is -2.26. The van der Waals surface area contributed by atoms with Crippen LogP contribution >= 0.6 is 0 Å². The average molecular weight is 458 g/mol. The number of aryl methyl sites for hydroxylation is 1. The molecule has 2 saturated heterocycles. The van der Waals surface area contributed by atoms with Crippen molar-refractivity contribution in [3.8, 4) is 0 Å². The smallest absolute Gasteiger partial charge is 0.243 e. The first-order chi connectivity index (χ1) is 15.3. The molecule has 2 aliphatic rings. The molecule has 0 unspecified atom stereocenters. The maximum Gasteiger partial charge on any atom is 0.243 e. The van der Waals surface area contributed by atoms with Gasteiger partial charge in [0.05, 0.1) is 24.0 Å². The van der Waals surface area contributed by atoms with Gasteiger partial charge in [0.1, 0.15) is 0 Å². The molecule has 2 aromatic carbocycles. The lowest BCUT2D eigenvalue weighted by Crippen LogP contribution is -2.40. The van der Waals surface area contributed by atoms with Crippen LogP contribution in [0.5, 0.6) is 0 Å². The molecule has 0 spiro atoms. The lowest BCUT2D eigenvalue weighted by molar-refractivity contribution is -0.126. The van der Waals surface area contributed by atoms with Gasteiger partial charge in [-0.1, -0.05) is 29.8 Å². The molecule has 1 N–H and O–H groups in total. The van der Waals surface area contributed by atoms with E-state index in [9.17, 15) is 18.0 Å². The Morgan fingerprint density at radius 2 is 1.72 bits per heavy atom. The van der Waals surface area contributed by atoms with Crippen molar-refractivity contribution in [2.24, 2.45) is 5.92 Å². The Hall–Kier alpha value is -2.75. The van der Waals surface area contributed by atoms with Crippen LogP contribution in [0.25, 0.3) is 0 Å². The van der Waals surface area contributed by atoms with Crippen LogP contribution in [0.15, 0.2) is 53.4 Å². The summed E-state index contributed by atoms with van der Waals surface area (Å²) in [6.45, 7) is 4.09. The number of carbonyl (C=O) groups is 2. The van der Waals surface area contributed by atoms with Crippen LogP contribution in [0.1, 0.15) is 17.5 Å². The molecule has 8 nitrogen and oxygen atoms in total. The van der Waals surface area contributed by atoms with Crippen LogP contribution in [-0.2, 0) is 30.9 Å². The highest BCUT2D eigenvalue weighted by molar-refractivity contribution is 7.89. The minimum Gasteiger partial charge on any atom is -0.379 e. The number of morpholine rings is 1. The number of sulfonamides is 1. The molecule has 170 valence electrons. The zero-order chi connectivity index (χ0) is 22.7. The normalized spacial score (nSPS) is 19.8. The maximum atomic E-state index is 12.7. The maximum absolute atomic E-state index is 12.7. The largest absolute Gasteiger partial charge is 0.379 e. The number of nitrogens with zero attached hydrogens (tertiary/aromatic N) is 2. The molecule has 0 saturated carbocycles. The highest BCUT2D eigenvalue weighted by Crippen LogP contribution is 2.25. The Bertz CT molecular complexity index is 1080. The van der Waals surface area contributed by atoms with Crippen molar-refractivity contribution in [2.45, 2.75) is 24.8 Å². The number of hydrogen-bond acceptors (Lipinski definition) is 5. The van der Waals surface area contributed by atoms with Crippen molar-refractivity contribution in [3.63, 3.8) is 0 Å². The minimum absolute atomic E-state index is 0.0633. The highest BCUT2D eigenvalue weighted by Gasteiger charge is 2.35. The number of ether oxygens (including phenoxy) is 1. The zero-order valence-corrected chi connectivity index (χ0v) is 18.8. The summed E-state index contributed by atoms with van der Waals surface area (Å²) in [5, 5.41) is 2.87. The van der Waals surface area contributed by atoms with Crippen molar-refractivity contribution < 1.29 is 22.7 Å². The summed E-state index contributed by atoms with van der Waals surface area (Å²) in [5.41, 5.74) is 2.70. The summed E-state index contributed by atoms with van der Waals surface area (Å²) >= 11 is 0. The third kappa shape index (κ3) is 4.85. The second-order valence-electron chi connectivity index (χ2n) is 8.12. The molecule has 0 bridgehead atoms. The molecule has 9 heteroatoms. The molecule has 0 aliphatic carbocycles. The van der Waals surface area contributed by atoms with E-state index in [2.05, 4.69) is 5.32 Å². The molecule has 2 heterocycles. The number of hydrogen-bond donors (Lipinski definition) is 1. The Morgan fingerprint density at radius 3 is 2.38 bits per heavy atom. The van der Waals surface area contributed by atoms with E-state index in [-0.39, 0.29) is 29.7 Å². The summed E-state index contributed by atoms with van der Waals surface area (Å²) in [6, 6.07) is 14.2. The van der Waals surface area contributed by atoms with Gasteiger partial charge in [-0.3, -0.25) is 9.59 Å². The number of nitrogens with one attached hydrogen (secondary N) is 1. The quantitative estimate of drug-likeness (QED) is 0.712. The van der Waals surface area contributed by atoms with Crippen molar-refractivity contribution >= 4 is 27.5 Å². The van der Waals surface area contributed by atoms with Crippen molar-refractivity contribution in [2.75, 3.05) is 37.7 Å². The number of anilines is 1. The SMILES string of the molecule is Cc1ccc(N2C[C@@H](C(=O)NCc3ccc(S(=O)(=O)N4CCOCC4)cc3)CC2=O)cc1. The van der Waals surface area contributed by atoms with E-state index in [1.807, 2.05) is 31.2 Å². The number of carbonyl (C=O) groups excluding carboxylic acids is 2. The van der Waals surface area contributed by atoms with Gasteiger partial charge in [-0.15, -0.1) is 0 Å². The van der Waals surface area contributed by atoms with Crippen molar-refractivity contribution in [3.05, 3.63) is 59.7 Å². The first-order valence-corrected chi connectivity index (χ1v) is 12.1. The molecular weight excluding hydrogens is 430 g/mol. The van der Waals surface area contributed by atoms with Crippen molar-refractivity contribution in [1.29, 1.82) is 0 Å². The van der Waals surface area contributed by atoms with Crippen LogP contribution in [0.3, 0.4) is 0 Å². The Labute approximate surface area is 188 Å². The second-order valence-corrected chi connectivity index (χ2v) is 10.1. The molecule has 32 heavy (non-hydrogen) atoms. The van der Waals surface area contributed by atoms with Gasteiger partial charge >= 0.3 is 0 Å². The molecular formula is C23H27N3O5S. The van der Waals surface area contributed by atoms with E-state index in [1.54, 1.807) is 29.2 Å². The number of benzene rings is 2. The first-order valence-electron chi connectivity index (χ1n) is 10.7. The summed E-state index contributed by atoms with van der Waals surface area (Å²) in [5.74, 6) is -0.658. The predicted octanol–water partition coefficient (Wildman–Crippen LogP) is 1.69. The van der Waals surface area contributed by atoms with E-state index in [0.29, 0.717) is 32.8 Å². The molecule has 2 aliphatic heterocycles. The van der Waals surface area contributed by atoms with Crippen LogP contribution in [0.2, 0.25) is 0 Å². The van der Waals surface area contributed by atoms with Crippen molar-refractivity contribution in [1.82, 2.24) is 9.62 Å². The van der Waals surface area contributed by atoms with Crippen LogP contribution in [-0.4, -0.2) is 57.4 Å². The van der Waals surface area contributed by atoms with Crippen LogP contribution in [0, 0.1) is 12.8 Å². The molecule has 4 rings (SSSR count). The van der Waals surface area contributed by atoms with E-state index < -0.39 is 15.9 Å². The molecule has 2 fully saturated rings. The standard InChI is InChI=1S/C23H27N3O5S/c1-17-2-6-20(7-3-17)26-16-19(14-22(26)27)23(28)24-15-18-4-8-21(9-5-18)32(29,30)25-10-12-31-13-11-25/h2-9,19H,10-16H2,1H3,(H,24,28)/t19-/m0/s1. The second kappa shape index (κ2) is 9.40. The fraction of sp³-hybridized carbons (Fsp3) is 0.391. The van der Waals surface area contributed by atoms with Gasteiger partial charge in [-0.05, 0) is 36.8 Å². The van der Waals surface area contributed by atoms with Gasteiger partial charge in [-0.2, -0.15) is 4.31 Å². The Kier molecular flexibility index (Phi) is 6.59. The minimum atomic E-state index is -3.54. The van der Waals surface area contributed by atoms with Crippen LogP contribution in [0.4, 0.5) is 5.69 Å². The van der Waals surface area contributed by atoms with Gasteiger partial charge in [0, 0.05) is 38.3 Å². The summed E-state index contributed by atoms with van der Waals surface area (Å²) in [6.07, 6.45) is 0.177. The molecule has 2 aromatic rings. The van der Waals surface area contributed by atoms with E-state index >= 15 is 0 Å². The summed E-state index contributed by atoms with van der Waals surface area (Å²) in [7, 11) is -3.54. The summed E-state index contributed by atoms with van der Waals surface area (Å²) in [4.78, 5) is 26.9. The first kappa shape index (κ1) is 22.4. The number of amides is 2. The molecule has 0 radical (unpaired) electrons. The van der Waals surface area contributed by atoms with Gasteiger partial charge in [0.15, 0.2) is 0 Å². The fourth-order valence-corrected chi connectivity index (χ4v) is 5.31. The Morgan fingerprint density at radius 1 is 1.06 bits per heavy atom. The third-order valence-electron chi connectivity index (χ3n) is 5.84. The van der Waals surface area contributed by atoms with E-state index in [1.165, 1.54) is 4.31 Å². The van der Waals surface area contributed by atoms with Gasteiger partial charge in [0.25, 0.3) is 0 Å². The van der Waals surface area contributed by atoms with Crippen LogP contribution < -0.4 is 10.2 Å². The molecule has 1 atom stereocenters. The third-order valence-corrected chi connectivity index (χ3v) is 7.75. The Balaban J connectivity index is 1.33. The number of rotatable bonds is 6. The zero-order valence-electron chi connectivity index (χ0n) is 18.0. The lowest BCUT2D eigenvalue weighted by atomic mass is 10.1. The molecule has 0 aromatic heterocycles. The predicted molar refractivity (Wildman–Crippen MR) is 120 cm³/mol. The van der Waals surface area contributed by atoms with Gasteiger partial charge < -0.3 is 15.0 Å². The van der Waals surface area contributed by atoms with E-state index in [4.69, 9.17) is 4.74 Å². The van der Waals surface area contributed by atoms with Gasteiger partial charge in [-0.25, -0.2) is 8.42 Å².